The van der Waals surface area contributed by atoms with Crippen LogP contribution in [-0.2, 0) is 17.8 Å². The van der Waals surface area contributed by atoms with Crippen molar-refractivity contribution in [1.29, 1.82) is 0 Å². The molecule has 0 aliphatic carbocycles. The van der Waals surface area contributed by atoms with E-state index in [1.165, 1.54) is 0 Å². The van der Waals surface area contributed by atoms with Crippen molar-refractivity contribution in [3.8, 4) is 0 Å². The number of carbonyl (C=O) groups excluding carboxylic acids is 2. The van der Waals surface area contributed by atoms with Crippen LogP contribution in [-0.4, -0.2) is 29.8 Å². The Bertz CT molecular complexity index is 1090. The van der Waals surface area contributed by atoms with Gasteiger partial charge in [0.25, 0.3) is 5.91 Å². The molecular weight excluding hydrogens is 434 g/mol. The minimum Gasteiger partial charge on any atom is -0.334 e. The molecule has 3 N–H and O–H groups in total. The SMILES string of the molecule is CC(C)(CN)CN(Cc1cc(NC(=O)Cc2ccccc2)ccc1Cl)C(=O)c1ccccc1. The number of rotatable bonds is 9. The van der Waals surface area contributed by atoms with Crippen LogP contribution in [0.5, 0.6) is 0 Å². The van der Waals surface area contributed by atoms with Crippen LogP contribution in [0.2, 0.25) is 5.02 Å². The summed E-state index contributed by atoms with van der Waals surface area (Å²) in [5, 5.41) is 3.47. The zero-order chi connectivity index (χ0) is 23.8. The molecule has 5 nitrogen and oxygen atoms in total. The Kier molecular flexibility index (Phi) is 8.26. The molecule has 0 heterocycles. The van der Waals surface area contributed by atoms with Crippen LogP contribution in [0, 0.1) is 5.41 Å². The van der Waals surface area contributed by atoms with E-state index in [0.717, 1.165) is 11.1 Å². The van der Waals surface area contributed by atoms with E-state index in [2.05, 4.69) is 5.32 Å². The third kappa shape index (κ3) is 7.17. The van der Waals surface area contributed by atoms with Crippen LogP contribution in [0.15, 0.2) is 78.9 Å². The minimum atomic E-state index is -0.265. The van der Waals surface area contributed by atoms with Gasteiger partial charge >= 0.3 is 0 Å². The number of halogens is 1. The number of hydrogen-bond acceptors (Lipinski definition) is 3. The number of nitrogens with one attached hydrogen (secondary N) is 1. The number of anilines is 1. The standard InChI is InChI=1S/C27H30ClN3O2/c1-27(2,18-29)19-31(26(33)21-11-7-4-8-12-21)17-22-16-23(13-14-24(22)28)30-25(32)15-20-9-5-3-6-10-20/h3-14,16H,15,17-19,29H2,1-2H3,(H,30,32). The molecular formula is C27H30ClN3O2. The van der Waals surface area contributed by atoms with Gasteiger partial charge in [0.1, 0.15) is 0 Å². The largest absolute Gasteiger partial charge is 0.334 e. The van der Waals surface area contributed by atoms with Gasteiger partial charge in [0.05, 0.1) is 6.42 Å². The third-order valence-corrected chi connectivity index (χ3v) is 5.75. The zero-order valence-corrected chi connectivity index (χ0v) is 19.8. The minimum absolute atomic E-state index is 0.0910. The molecule has 3 aromatic rings. The summed E-state index contributed by atoms with van der Waals surface area (Å²) in [7, 11) is 0. The molecule has 172 valence electrons. The van der Waals surface area contributed by atoms with Gasteiger partial charge in [-0.1, -0.05) is 74.0 Å². The molecule has 0 spiro atoms. The molecule has 0 fully saturated rings. The molecule has 0 aliphatic heterocycles. The van der Waals surface area contributed by atoms with Crippen LogP contribution < -0.4 is 11.1 Å². The lowest BCUT2D eigenvalue weighted by molar-refractivity contribution is -0.115. The van der Waals surface area contributed by atoms with Gasteiger partial charge in [0.15, 0.2) is 0 Å². The molecule has 3 aromatic carbocycles. The maximum Gasteiger partial charge on any atom is 0.254 e. The molecule has 0 atom stereocenters. The van der Waals surface area contributed by atoms with Crippen molar-refractivity contribution < 1.29 is 9.59 Å². The number of nitrogens with zero attached hydrogens (tertiary/aromatic N) is 1. The first-order chi connectivity index (χ1) is 15.8. The van der Waals surface area contributed by atoms with Gasteiger partial charge < -0.3 is 16.0 Å². The number of hydrogen-bond donors (Lipinski definition) is 2. The Morgan fingerprint density at radius 1 is 0.970 bits per heavy atom. The normalized spacial score (nSPS) is 11.2. The molecule has 0 saturated carbocycles. The molecule has 0 unspecified atom stereocenters. The van der Waals surface area contributed by atoms with Crippen molar-refractivity contribution in [3.63, 3.8) is 0 Å². The first-order valence-electron chi connectivity index (χ1n) is 10.9. The Labute approximate surface area is 200 Å². The summed E-state index contributed by atoms with van der Waals surface area (Å²) < 4.78 is 0. The van der Waals surface area contributed by atoms with Crippen molar-refractivity contribution in [1.82, 2.24) is 4.90 Å². The van der Waals surface area contributed by atoms with Gasteiger partial charge in [-0.05, 0) is 53.4 Å². The van der Waals surface area contributed by atoms with E-state index in [0.29, 0.717) is 35.9 Å². The molecule has 0 aliphatic rings. The summed E-state index contributed by atoms with van der Waals surface area (Å²) in [6, 6.07) is 24.1. The second kappa shape index (κ2) is 11.1. The predicted octanol–water partition coefficient (Wildman–Crippen LogP) is 5.15. The summed E-state index contributed by atoms with van der Waals surface area (Å²) in [4.78, 5) is 27.6. The number of benzene rings is 3. The van der Waals surface area contributed by atoms with E-state index in [1.807, 2.05) is 68.4 Å². The summed E-state index contributed by atoms with van der Waals surface area (Å²) in [6.45, 7) is 5.27. The Morgan fingerprint density at radius 3 is 2.24 bits per heavy atom. The smallest absolute Gasteiger partial charge is 0.254 e. The maximum absolute atomic E-state index is 13.3. The van der Waals surface area contributed by atoms with E-state index in [9.17, 15) is 9.59 Å². The Hall–Kier alpha value is -3.15. The van der Waals surface area contributed by atoms with Crippen molar-refractivity contribution in [2.45, 2.75) is 26.8 Å². The molecule has 0 radical (unpaired) electrons. The molecule has 33 heavy (non-hydrogen) atoms. The van der Waals surface area contributed by atoms with E-state index < -0.39 is 0 Å². The fraction of sp³-hybridized carbons (Fsp3) is 0.259. The van der Waals surface area contributed by atoms with Crippen molar-refractivity contribution in [2.24, 2.45) is 11.1 Å². The maximum atomic E-state index is 13.3. The predicted molar refractivity (Wildman–Crippen MR) is 134 cm³/mol. The summed E-state index contributed by atoms with van der Waals surface area (Å²) in [5.41, 5.74) is 8.62. The summed E-state index contributed by atoms with van der Waals surface area (Å²) in [5.74, 6) is -0.206. The highest BCUT2D eigenvalue weighted by Crippen LogP contribution is 2.25. The topological polar surface area (TPSA) is 75.4 Å². The van der Waals surface area contributed by atoms with Crippen molar-refractivity contribution in [2.75, 3.05) is 18.4 Å². The number of carbonyl (C=O) groups is 2. The van der Waals surface area contributed by atoms with Crippen LogP contribution in [0.4, 0.5) is 5.69 Å². The first kappa shape index (κ1) is 24.5. The summed E-state index contributed by atoms with van der Waals surface area (Å²) in [6.07, 6.45) is 0.280. The van der Waals surface area contributed by atoms with Crippen LogP contribution in [0.3, 0.4) is 0 Å². The van der Waals surface area contributed by atoms with Crippen LogP contribution >= 0.6 is 11.6 Å². The quantitative estimate of drug-likeness (QED) is 0.461. The lowest BCUT2D eigenvalue weighted by Crippen LogP contribution is -2.41. The molecule has 3 rings (SSSR count). The fourth-order valence-corrected chi connectivity index (χ4v) is 3.69. The molecule has 6 heteroatoms. The lowest BCUT2D eigenvalue weighted by atomic mass is 9.92. The van der Waals surface area contributed by atoms with Gasteiger partial charge in [-0.2, -0.15) is 0 Å². The zero-order valence-electron chi connectivity index (χ0n) is 19.1. The average Bonchev–Trinajstić information content (AvgIpc) is 2.81. The Balaban J connectivity index is 1.80. The molecule has 2 amide bonds. The Morgan fingerprint density at radius 2 is 1.61 bits per heavy atom. The monoisotopic (exact) mass is 463 g/mol. The van der Waals surface area contributed by atoms with Gasteiger partial charge in [0.2, 0.25) is 5.91 Å². The van der Waals surface area contributed by atoms with Crippen molar-refractivity contribution in [3.05, 3.63) is 101 Å². The second-order valence-corrected chi connectivity index (χ2v) is 9.32. The molecule has 0 aromatic heterocycles. The second-order valence-electron chi connectivity index (χ2n) is 8.91. The van der Waals surface area contributed by atoms with E-state index in [1.54, 1.807) is 29.2 Å². The first-order valence-corrected chi connectivity index (χ1v) is 11.3. The fourth-order valence-electron chi connectivity index (χ4n) is 3.51. The third-order valence-electron chi connectivity index (χ3n) is 5.38. The van der Waals surface area contributed by atoms with Gasteiger partial charge in [0, 0.05) is 29.4 Å². The highest BCUT2D eigenvalue weighted by molar-refractivity contribution is 6.31. The van der Waals surface area contributed by atoms with E-state index in [-0.39, 0.29) is 23.7 Å². The van der Waals surface area contributed by atoms with E-state index >= 15 is 0 Å². The highest BCUT2D eigenvalue weighted by atomic mass is 35.5. The van der Waals surface area contributed by atoms with Gasteiger partial charge in [-0.25, -0.2) is 0 Å². The van der Waals surface area contributed by atoms with E-state index in [4.69, 9.17) is 17.3 Å². The van der Waals surface area contributed by atoms with Crippen LogP contribution in [0.1, 0.15) is 35.3 Å². The lowest BCUT2D eigenvalue weighted by Gasteiger charge is -2.32. The van der Waals surface area contributed by atoms with Gasteiger partial charge in [-0.3, -0.25) is 9.59 Å². The number of amides is 2. The van der Waals surface area contributed by atoms with Crippen molar-refractivity contribution >= 4 is 29.1 Å². The molecule has 0 bridgehead atoms. The summed E-state index contributed by atoms with van der Waals surface area (Å²) >= 11 is 6.49. The highest BCUT2D eigenvalue weighted by Gasteiger charge is 2.25. The van der Waals surface area contributed by atoms with Crippen LogP contribution in [0.25, 0.3) is 0 Å². The average molecular weight is 464 g/mol. The molecule has 0 saturated heterocycles. The van der Waals surface area contributed by atoms with Gasteiger partial charge in [-0.15, -0.1) is 0 Å². The number of nitrogens with two attached hydrogens (primary N) is 1.